The van der Waals surface area contributed by atoms with E-state index in [1.807, 2.05) is 0 Å². The molecule has 0 aliphatic heterocycles. The lowest BCUT2D eigenvalue weighted by Crippen LogP contribution is -2.17. The molecule has 0 fully saturated rings. The third-order valence-electron chi connectivity index (χ3n) is 5.33. The lowest BCUT2D eigenvalue weighted by atomic mass is 10.1. The van der Waals surface area contributed by atoms with Crippen molar-refractivity contribution in [1.82, 2.24) is 0 Å². The molecule has 0 N–H and O–H groups in total. The first-order chi connectivity index (χ1) is 17.3. The molecular weight excluding hydrogens is 487 g/mol. The van der Waals surface area contributed by atoms with Crippen molar-refractivity contribution in [2.75, 3.05) is 19.8 Å². The molecule has 5 nitrogen and oxygen atoms in total. The van der Waals surface area contributed by atoms with Crippen molar-refractivity contribution in [3.05, 3.63) is 64.5 Å². The molecule has 0 saturated carbocycles. The van der Waals surface area contributed by atoms with Crippen LogP contribution in [0.5, 0.6) is 5.75 Å². The second kappa shape index (κ2) is 15.1. The van der Waals surface area contributed by atoms with Crippen LogP contribution in [0, 0.1) is 29.1 Å². The Bertz CT molecular complexity index is 999. The highest BCUT2D eigenvalue weighted by Crippen LogP contribution is 2.29. The normalized spacial score (nSPS) is 10.8. The van der Waals surface area contributed by atoms with E-state index in [9.17, 15) is 31.5 Å². The predicted molar refractivity (Wildman–Crippen MR) is 121 cm³/mol. The molecule has 0 aliphatic carbocycles. The molecule has 0 atom stereocenters. The Morgan fingerprint density at radius 2 is 1.06 bits per heavy atom. The van der Waals surface area contributed by atoms with Gasteiger partial charge in [-0.2, -0.15) is 8.78 Å². The van der Waals surface area contributed by atoms with E-state index in [0.717, 1.165) is 19.3 Å². The van der Waals surface area contributed by atoms with Crippen LogP contribution in [-0.2, 0) is 9.47 Å². The highest BCUT2D eigenvalue weighted by molar-refractivity contribution is 6.03. The zero-order chi connectivity index (χ0) is 26.5. The number of hydrogen-bond acceptors (Lipinski definition) is 5. The number of halogens is 5. The molecule has 0 saturated heterocycles. The number of unbranched alkanes of at least 4 members (excludes halogenated alkanes) is 7. The fourth-order valence-corrected chi connectivity index (χ4v) is 3.39. The first-order valence-corrected chi connectivity index (χ1v) is 11.9. The summed E-state index contributed by atoms with van der Waals surface area (Å²) in [6.07, 6.45) is 8.65. The Morgan fingerprint density at radius 1 is 0.611 bits per heavy atom. The van der Waals surface area contributed by atoms with Crippen molar-refractivity contribution >= 4 is 11.9 Å². The zero-order valence-corrected chi connectivity index (χ0v) is 20.0. The van der Waals surface area contributed by atoms with Crippen LogP contribution in [0.1, 0.15) is 79.0 Å². The summed E-state index contributed by atoms with van der Waals surface area (Å²) < 4.78 is 81.5. The van der Waals surface area contributed by atoms with Gasteiger partial charge in [-0.3, -0.25) is 0 Å². The van der Waals surface area contributed by atoms with Crippen molar-refractivity contribution < 1.29 is 45.8 Å². The van der Waals surface area contributed by atoms with E-state index in [-0.39, 0.29) is 17.7 Å². The number of hydrogen-bond donors (Lipinski definition) is 0. The van der Waals surface area contributed by atoms with Crippen LogP contribution in [0.4, 0.5) is 22.0 Å². The smallest absolute Gasteiger partial charge is 0.339 e. The summed E-state index contributed by atoms with van der Waals surface area (Å²) in [6, 6.07) is 5.76. The summed E-state index contributed by atoms with van der Waals surface area (Å²) >= 11 is 0. The van der Waals surface area contributed by atoms with Crippen molar-refractivity contribution in [3.8, 4) is 5.75 Å². The lowest BCUT2D eigenvalue weighted by Gasteiger charge is -2.12. The van der Waals surface area contributed by atoms with Crippen molar-refractivity contribution in [1.29, 1.82) is 0 Å². The van der Waals surface area contributed by atoms with Gasteiger partial charge >= 0.3 is 11.9 Å². The third-order valence-corrected chi connectivity index (χ3v) is 5.33. The number of rotatable bonds is 15. The number of ether oxygens (including phenoxy) is 3. The van der Waals surface area contributed by atoms with Crippen molar-refractivity contribution in [3.63, 3.8) is 0 Å². The highest BCUT2D eigenvalue weighted by Gasteiger charge is 2.27. The predicted octanol–water partition coefficient (Wildman–Crippen LogP) is 6.92. The first-order valence-electron chi connectivity index (χ1n) is 11.9. The Hall–Kier alpha value is -3.17. The number of esters is 2. The van der Waals surface area contributed by atoms with Gasteiger partial charge in [0.15, 0.2) is 5.75 Å². The maximum absolute atomic E-state index is 13.6. The standard InChI is InChI=1S/C26H29F5O5/c1-2-3-4-5-6-7-8-11-14-35-25(32)17-12-9-10-13-18(17)26(33)36-16-15-34-24-22(30)20(28)19(27)21(29)23(24)31/h9-10,12-13H,2-8,11,14-16H2,1H3. The van der Waals surface area contributed by atoms with E-state index in [4.69, 9.17) is 9.47 Å². The molecule has 0 amide bonds. The van der Waals surface area contributed by atoms with Crippen LogP contribution >= 0.6 is 0 Å². The number of carbonyl (C=O) groups excluding carboxylic acids is 2. The van der Waals surface area contributed by atoms with Gasteiger partial charge in [0.1, 0.15) is 13.2 Å². The fourth-order valence-electron chi connectivity index (χ4n) is 3.39. The van der Waals surface area contributed by atoms with Gasteiger partial charge in [-0.05, 0) is 18.6 Å². The molecule has 2 aromatic rings. The summed E-state index contributed by atoms with van der Waals surface area (Å²) in [5.41, 5.74) is -0.127. The second-order valence-corrected chi connectivity index (χ2v) is 8.04. The van der Waals surface area contributed by atoms with Crippen LogP contribution in [0.15, 0.2) is 24.3 Å². The maximum atomic E-state index is 13.6. The van der Waals surface area contributed by atoms with E-state index < -0.39 is 60.0 Å². The van der Waals surface area contributed by atoms with Gasteiger partial charge in [-0.25, -0.2) is 22.8 Å². The third kappa shape index (κ3) is 8.20. The maximum Gasteiger partial charge on any atom is 0.339 e. The van der Waals surface area contributed by atoms with Crippen LogP contribution in [-0.4, -0.2) is 31.8 Å². The summed E-state index contributed by atoms with van der Waals surface area (Å²) in [5.74, 6) is -14.0. The molecular formula is C26H29F5O5. The molecule has 2 aromatic carbocycles. The molecule has 2 rings (SSSR count). The number of benzene rings is 2. The quantitative estimate of drug-likeness (QED) is 0.0846. The first kappa shape index (κ1) is 29.1. The average molecular weight is 517 g/mol. The van der Waals surface area contributed by atoms with Crippen LogP contribution in [0.2, 0.25) is 0 Å². The topological polar surface area (TPSA) is 61.8 Å². The SMILES string of the molecule is CCCCCCCCCCOC(=O)c1ccccc1C(=O)OCCOc1c(F)c(F)c(F)c(F)c1F. The molecule has 0 aliphatic rings. The Labute approximate surface area is 206 Å². The second-order valence-electron chi connectivity index (χ2n) is 8.04. The molecule has 0 spiro atoms. The molecule has 10 heteroatoms. The summed E-state index contributed by atoms with van der Waals surface area (Å²) in [7, 11) is 0. The van der Waals surface area contributed by atoms with E-state index in [2.05, 4.69) is 11.7 Å². The summed E-state index contributed by atoms with van der Waals surface area (Å²) in [4.78, 5) is 24.8. The lowest BCUT2D eigenvalue weighted by molar-refractivity contribution is 0.0418. The zero-order valence-electron chi connectivity index (χ0n) is 20.0. The molecule has 0 heterocycles. The van der Waals surface area contributed by atoms with Gasteiger partial charge < -0.3 is 14.2 Å². The monoisotopic (exact) mass is 516 g/mol. The molecule has 36 heavy (non-hydrogen) atoms. The molecule has 0 bridgehead atoms. The molecule has 198 valence electrons. The minimum atomic E-state index is -2.31. The van der Waals surface area contributed by atoms with E-state index in [0.29, 0.717) is 6.42 Å². The average Bonchev–Trinajstić information content (AvgIpc) is 2.89. The largest absolute Gasteiger partial charge is 0.484 e. The van der Waals surface area contributed by atoms with Gasteiger partial charge in [-0.1, -0.05) is 64.0 Å². The Morgan fingerprint density at radius 3 is 1.58 bits per heavy atom. The Kier molecular flexibility index (Phi) is 12.2. The number of carbonyl (C=O) groups is 2. The van der Waals surface area contributed by atoms with Crippen LogP contribution in [0.3, 0.4) is 0 Å². The van der Waals surface area contributed by atoms with Crippen molar-refractivity contribution in [2.45, 2.75) is 58.3 Å². The molecule has 0 unspecified atom stereocenters. The van der Waals surface area contributed by atoms with E-state index >= 15 is 0 Å². The van der Waals surface area contributed by atoms with Gasteiger partial charge in [0.2, 0.25) is 29.1 Å². The van der Waals surface area contributed by atoms with Crippen LogP contribution in [0.25, 0.3) is 0 Å². The van der Waals surface area contributed by atoms with Gasteiger partial charge in [0.05, 0.1) is 17.7 Å². The van der Waals surface area contributed by atoms with E-state index in [1.165, 1.54) is 49.9 Å². The molecule has 0 radical (unpaired) electrons. The van der Waals surface area contributed by atoms with E-state index in [1.54, 1.807) is 0 Å². The minimum absolute atomic E-state index is 0.0252. The van der Waals surface area contributed by atoms with Crippen molar-refractivity contribution in [2.24, 2.45) is 0 Å². The van der Waals surface area contributed by atoms with Gasteiger partial charge in [0.25, 0.3) is 0 Å². The highest BCUT2D eigenvalue weighted by atomic mass is 19.2. The van der Waals surface area contributed by atoms with Crippen LogP contribution < -0.4 is 4.74 Å². The minimum Gasteiger partial charge on any atom is -0.484 e. The fraction of sp³-hybridized carbons (Fsp3) is 0.462. The van der Waals surface area contributed by atoms with Gasteiger partial charge in [-0.15, -0.1) is 0 Å². The summed E-state index contributed by atoms with van der Waals surface area (Å²) in [5, 5.41) is 0. The summed E-state index contributed by atoms with van der Waals surface area (Å²) in [6.45, 7) is 1.08. The Balaban J connectivity index is 1.81. The van der Waals surface area contributed by atoms with Gasteiger partial charge in [0, 0.05) is 0 Å². The molecule has 0 aromatic heterocycles.